The van der Waals surface area contributed by atoms with Crippen molar-refractivity contribution < 1.29 is 9.21 Å². The third-order valence-electron chi connectivity index (χ3n) is 6.18. The summed E-state index contributed by atoms with van der Waals surface area (Å²) in [5, 5.41) is 3.16. The monoisotopic (exact) mass is 447 g/mol. The fourth-order valence-electron chi connectivity index (χ4n) is 4.24. The third kappa shape index (κ3) is 6.89. The Bertz CT molecular complexity index is 985. The molecule has 174 valence electrons. The highest BCUT2D eigenvalue weighted by Gasteiger charge is 2.26. The van der Waals surface area contributed by atoms with Crippen LogP contribution in [0.3, 0.4) is 0 Å². The molecule has 3 heterocycles. The first-order valence-corrected chi connectivity index (χ1v) is 11.8. The quantitative estimate of drug-likeness (QED) is 0.513. The van der Waals surface area contributed by atoms with E-state index in [0.717, 1.165) is 69.4 Å². The zero-order chi connectivity index (χ0) is 22.9. The van der Waals surface area contributed by atoms with E-state index >= 15 is 0 Å². The summed E-state index contributed by atoms with van der Waals surface area (Å²) in [6.07, 6.45) is 6.12. The van der Waals surface area contributed by atoms with Crippen molar-refractivity contribution in [3.05, 3.63) is 78.0 Å². The molecule has 0 spiro atoms. The smallest absolute Gasteiger partial charge is 0.225 e. The van der Waals surface area contributed by atoms with Gasteiger partial charge in [0, 0.05) is 50.5 Å². The molecule has 1 saturated heterocycles. The number of hydrogen-bond acceptors (Lipinski definition) is 6. The number of rotatable bonds is 10. The lowest BCUT2D eigenvalue weighted by Crippen LogP contribution is -2.43. The number of hydrogen-bond donors (Lipinski definition) is 1. The Kier molecular flexibility index (Phi) is 8.09. The Morgan fingerprint density at radius 3 is 2.67 bits per heavy atom. The van der Waals surface area contributed by atoms with Gasteiger partial charge in [-0.2, -0.15) is 0 Å². The SMILES string of the molecule is Cc1ccnc(N2CCC(C(=O)NCCN(CCc3ccccc3)Cc3ccco3)CC2)n1. The molecule has 7 nitrogen and oxygen atoms in total. The zero-order valence-corrected chi connectivity index (χ0v) is 19.3. The largest absolute Gasteiger partial charge is 0.468 e. The Labute approximate surface area is 195 Å². The molecule has 33 heavy (non-hydrogen) atoms. The fraction of sp³-hybridized carbons (Fsp3) is 0.423. The number of nitrogens with zero attached hydrogens (tertiary/aromatic N) is 4. The van der Waals surface area contributed by atoms with E-state index in [1.165, 1.54) is 5.56 Å². The average Bonchev–Trinajstić information content (AvgIpc) is 3.36. The van der Waals surface area contributed by atoms with E-state index in [0.29, 0.717) is 6.54 Å². The average molecular weight is 448 g/mol. The molecule has 1 amide bonds. The summed E-state index contributed by atoms with van der Waals surface area (Å²) in [6, 6.07) is 16.3. The number of benzene rings is 1. The van der Waals surface area contributed by atoms with Crippen LogP contribution >= 0.6 is 0 Å². The second kappa shape index (κ2) is 11.6. The van der Waals surface area contributed by atoms with Gasteiger partial charge in [-0.1, -0.05) is 30.3 Å². The molecule has 1 N–H and O–H groups in total. The van der Waals surface area contributed by atoms with Gasteiger partial charge in [-0.15, -0.1) is 0 Å². The molecule has 0 atom stereocenters. The number of piperidine rings is 1. The van der Waals surface area contributed by atoms with Gasteiger partial charge >= 0.3 is 0 Å². The molecular weight excluding hydrogens is 414 g/mol. The summed E-state index contributed by atoms with van der Waals surface area (Å²) in [5.74, 6) is 1.91. The first kappa shape index (κ1) is 23.0. The van der Waals surface area contributed by atoms with Crippen molar-refractivity contribution >= 4 is 11.9 Å². The van der Waals surface area contributed by atoms with Crippen LogP contribution in [-0.4, -0.2) is 53.5 Å². The van der Waals surface area contributed by atoms with Crippen molar-refractivity contribution in [1.82, 2.24) is 20.2 Å². The van der Waals surface area contributed by atoms with Gasteiger partial charge in [0.2, 0.25) is 11.9 Å². The number of carbonyl (C=O) groups excluding carboxylic acids is 1. The van der Waals surface area contributed by atoms with Gasteiger partial charge < -0.3 is 14.6 Å². The molecule has 0 bridgehead atoms. The maximum atomic E-state index is 12.8. The second-order valence-electron chi connectivity index (χ2n) is 8.64. The van der Waals surface area contributed by atoms with Gasteiger partial charge in [0.25, 0.3) is 0 Å². The van der Waals surface area contributed by atoms with Crippen LogP contribution in [-0.2, 0) is 17.8 Å². The summed E-state index contributed by atoms with van der Waals surface area (Å²) in [7, 11) is 0. The predicted molar refractivity (Wildman–Crippen MR) is 129 cm³/mol. The molecule has 0 saturated carbocycles. The standard InChI is InChI=1S/C26H33N5O2/c1-21-9-13-28-26(29-21)31-16-11-23(12-17-31)25(32)27-14-18-30(20-24-8-5-19-33-24)15-10-22-6-3-2-4-7-22/h2-9,13,19,23H,10-12,14-18,20H2,1H3,(H,27,32). The van der Waals surface area contributed by atoms with Crippen molar-refractivity contribution in [2.24, 2.45) is 5.92 Å². The molecular formula is C26H33N5O2. The molecule has 3 aromatic rings. The summed E-state index contributed by atoms with van der Waals surface area (Å²) in [5.41, 5.74) is 2.28. The van der Waals surface area contributed by atoms with E-state index in [2.05, 4.69) is 49.4 Å². The number of furan rings is 1. The molecule has 1 aliphatic rings. The number of nitrogens with one attached hydrogen (secondary N) is 1. The van der Waals surface area contributed by atoms with Gasteiger partial charge in [0.15, 0.2) is 0 Å². The molecule has 2 aromatic heterocycles. The highest BCUT2D eigenvalue weighted by molar-refractivity contribution is 5.78. The Morgan fingerprint density at radius 2 is 1.94 bits per heavy atom. The van der Waals surface area contributed by atoms with Crippen molar-refractivity contribution in [2.45, 2.75) is 32.7 Å². The van der Waals surface area contributed by atoms with Gasteiger partial charge in [-0.25, -0.2) is 9.97 Å². The van der Waals surface area contributed by atoms with Crippen molar-refractivity contribution in [3.8, 4) is 0 Å². The normalized spacial score (nSPS) is 14.5. The van der Waals surface area contributed by atoms with Crippen molar-refractivity contribution in [1.29, 1.82) is 0 Å². The van der Waals surface area contributed by atoms with Crippen LogP contribution in [0.5, 0.6) is 0 Å². The topological polar surface area (TPSA) is 74.5 Å². The van der Waals surface area contributed by atoms with Crippen LogP contribution in [0.4, 0.5) is 5.95 Å². The number of aryl methyl sites for hydroxylation is 1. The molecule has 0 unspecified atom stereocenters. The second-order valence-corrected chi connectivity index (χ2v) is 8.64. The number of carbonyl (C=O) groups is 1. The fourth-order valence-corrected chi connectivity index (χ4v) is 4.24. The van der Waals surface area contributed by atoms with Gasteiger partial charge in [0.05, 0.1) is 12.8 Å². The maximum absolute atomic E-state index is 12.8. The molecule has 4 rings (SSSR count). The number of anilines is 1. The van der Waals surface area contributed by atoms with Gasteiger partial charge in [-0.3, -0.25) is 9.69 Å². The minimum atomic E-state index is 0.0499. The summed E-state index contributed by atoms with van der Waals surface area (Å²) >= 11 is 0. The van der Waals surface area contributed by atoms with Gasteiger partial charge in [-0.05, 0) is 49.9 Å². The Hall–Kier alpha value is -3.19. The van der Waals surface area contributed by atoms with Crippen LogP contribution in [0.25, 0.3) is 0 Å². The molecule has 1 aliphatic heterocycles. The lowest BCUT2D eigenvalue weighted by molar-refractivity contribution is -0.125. The molecule has 1 fully saturated rings. The Morgan fingerprint density at radius 1 is 1.12 bits per heavy atom. The van der Waals surface area contributed by atoms with Crippen molar-refractivity contribution in [2.75, 3.05) is 37.6 Å². The molecule has 7 heteroatoms. The molecule has 0 aliphatic carbocycles. The zero-order valence-electron chi connectivity index (χ0n) is 19.3. The third-order valence-corrected chi connectivity index (χ3v) is 6.18. The first-order valence-electron chi connectivity index (χ1n) is 11.8. The van der Waals surface area contributed by atoms with E-state index in [-0.39, 0.29) is 11.8 Å². The van der Waals surface area contributed by atoms with Crippen LogP contribution in [0.15, 0.2) is 65.4 Å². The van der Waals surface area contributed by atoms with E-state index in [1.54, 1.807) is 12.5 Å². The predicted octanol–water partition coefficient (Wildman–Crippen LogP) is 3.46. The highest BCUT2D eigenvalue weighted by atomic mass is 16.3. The number of aromatic nitrogens is 2. The molecule has 1 aromatic carbocycles. The summed E-state index contributed by atoms with van der Waals surface area (Å²) in [6.45, 7) is 6.66. The highest BCUT2D eigenvalue weighted by Crippen LogP contribution is 2.20. The van der Waals surface area contributed by atoms with Crippen molar-refractivity contribution in [3.63, 3.8) is 0 Å². The van der Waals surface area contributed by atoms with Crippen LogP contribution in [0.1, 0.15) is 29.9 Å². The Balaban J connectivity index is 1.23. The summed E-state index contributed by atoms with van der Waals surface area (Å²) in [4.78, 5) is 26.2. The lowest BCUT2D eigenvalue weighted by Gasteiger charge is -2.31. The number of amides is 1. The maximum Gasteiger partial charge on any atom is 0.225 e. The lowest BCUT2D eigenvalue weighted by atomic mass is 9.96. The van der Waals surface area contributed by atoms with Gasteiger partial charge in [0.1, 0.15) is 5.76 Å². The van der Waals surface area contributed by atoms with Crippen LogP contribution in [0, 0.1) is 12.8 Å². The van der Waals surface area contributed by atoms with E-state index in [9.17, 15) is 4.79 Å². The first-order chi connectivity index (χ1) is 16.2. The molecule has 0 radical (unpaired) electrons. The van der Waals surface area contributed by atoms with E-state index in [4.69, 9.17) is 4.42 Å². The van der Waals surface area contributed by atoms with Crippen LogP contribution < -0.4 is 10.2 Å². The summed E-state index contributed by atoms with van der Waals surface area (Å²) < 4.78 is 5.55. The van der Waals surface area contributed by atoms with E-state index in [1.807, 2.05) is 31.2 Å². The minimum absolute atomic E-state index is 0.0499. The van der Waals surface area contributed by atoms with Crippen LogP contribution in [0.2, 0.25) is 0 Å². The minimum Gasteiger partial charge on any atom is -0.468 e. The van der Waals surface area contributed by atoms with E-state index < -0.39 is 0 Å².